The molecular weight excluding hydrogens is 308 g/mol. The van der Waals surface area contributed by atoms with E-state index in [9.17, 15) is 0 Å². The molecule has 126 valence electrons. The summed E-state index contributed by atoms with van der Waals surface area (Å²) in [7, 11) is 0. The van der Waals surface area contributed by atoms with E-state index in [0.29, 0.717) is 19.8 Å². The van der Waals surface area contributed by atoms with Crippen LogP contribution in [0.3, 0.4) is 0 Å². The summed E-state index contributed by atoms with van der Waals surface area (Å²) in [4.78, 5) is -0.435. The van der Waals surface area contributed by atoms with Crippen molar-refractivity contribution in [3.63, 3.8) is 0 Å². The van der Waals surface area contributed by atoms with Gasteiger partial charge in [0.15, 0.2) is 0 Å². The van der Waals surface area contributed by atoms with E-state index in [2.05, 4.69) is 36.9 Å². The normalized spacial score (nSPS) is 34.7. The smallest absolute Gasteiger partial charge is 0.142 e. The fourth-order valence-corrected chi connectivity index (χ4v) is 4.54. The molecular formula is C19H26O3S. The first-order chi connectivity index (χ1) is 11.2. The molecule has 0 aromatic heterocycles. The van der Waals surface area contributed by atoms with Crippen LogP contribution in [0.4, 0.5) is 0 Å². The largest absolute Gasteiger partial charge is 0.371 e. The van der Waals surface area contributed by atoms with Crippen molar-refractivity contribution in [1.82, 2.24) is 0 Å². The quantitative estimate of drug-likeness (QED) is 0.841. The van der Waals surface area contributed by atoms with Gasteiger partial charge in [0.2, 0.25) is 0 Å². The van der Waals surface area contributed by atoms with Gasteiger partial charge in [-0.05, 0) is 29.9 Å². The van der Waals surface area contributed by atoms with Gasteiger partial charge < -0.3 is 14.2 Å². The molecule has 1 aromatic rings. The minimum Gasteiger partial charge on any atom is -0.371 e. The second-order valence-electron chi connectivity index (χ2n) is 7.12. The number of rotatable bonds is 4. The third kappa shape index (κ3) is 3.32. The molecule has 3 atom stereocenters. The first-order valence-corrected chi connectivity index (χ1v) is 9.38. The number of hydrogen-bond acceptors (Lipinski definition) is 4. The molecule has 3 aliphatic rings. The van der Waals surface area contributed by atoms with Gasteiger partial charge in [-0.2, -0.15) is 0 Å². The fourth-order valence-electron chi connectivity index (χ4n) is 4.13. The van der Waals surface area contributed by atoms with Crippen LogP contribution in [0.1, 0.15) is 55.6 Å². The Bertz CT molecular complexity index is 526. The highest BCUT2D eigenvalue weighted by Crippen LogP contribution is 2.41. The van der Waals surface area contributed by atoms with E-state index in [1.54, 1.807) is 0 Å². The van der Waals surface area contributed by atoms with Crippen LogP contribution in [0.5, 0.6) is 0 Å². The topological polar surface area (TPSA) is 27.7 Å². The number of ether oxygens (including phenoxy) is 3. The van der Waals surface area contributed by atoms with Crippen molar-refractivity contribution in [3.05, 3.63) is 35.4 Å². The molecule has 3 fully saturated rings. The number of benzene rings is 1. The Kier molecular flexibility index (Phi) is 4.68. The van der Waals surface area contributed by atoms with Gasteiger partial charge >= 0.3 is 0 Å². The van der Waals surface area contributed by atoms with Crippen LogP contribution >= 0.6 is 12.6 Å². The Labute approximate surface area is 144 Å². The van der Waals surface area contributed by atoms with E-state index in [4.69, 9.17) is 14.2 Å². The van der Waals surface area contributed by atoms with Crippen LogP contribution < -0.4 is 0 Å². The van der Waals surface area contributed by atoms with E-state index in [1.165, 1.54) is 43.2 Å². The summed E-state index contributed by atoms with van der Waals surface area (Å²) < 4.78 is 17.6. The van der Waals surface area contributed by atoms with E-state index in [1.807, 2.05) is 0 Å². The van der Waals surface area contributed by atoms with Gasteiger partial charge in [-0.1, -0.05) is 43.5 Å². The molecule has 2 aliphatic heterocycles. The lowest BCUT2D eigenvalue weighted by molar-refractivity contribution is -0.0394. The molecule has 0 bridgehead atoms. The molecule has 23 heavy (non-hydrogen) atoms. The van der Waals surface area contributed by atoms with Crippen LogP contribution in [-0.4, -0.2) is 30.4 Å². The molecule has 0 N–H and O–H groups in total. The Morgan fingerprint density at radius 3 is 2.70 bits per heavy atom. The van der Waals surface area contributed by atoms with Crippen molar-refractivity contribution in [2.45, 2.75) is 68.2 Å². The fraction of sp³-hybridized carbons (Fsp3) is 0.684. The predicted molar refractivity (Wildman–Crippen MR) is 92.9 cm³/mol. The molecule has 0 radical (unpaired) electrons. The summed E-state index contributed by atoms with van der Waals surface area (Å²) in [6, 6.07) is 9.00. The number of fused-ring (bicyclic) bond motifs is 1. The van der Waals surface area contributed by atoms with Crippen LogP contribution in [0.2, 0.25) is 0 Å². The highest BCUT2D eigenvalue weighted by molar-refractivity contribution is 7.81. The van der Waals surface area contributed by atoms with Crippen molar-refractivity contribution >= 4 is 12.6 Å². The third-order valence-corrected chi connectivity index (χ3v) is 6.17. The molecule has 0 amide bonds. The average Bonchev–Trinajstić information content (AvgIpc) is 3.11. The summed E-state index contributed by atoms with van der Waals surface area (Å²) in [5.74, 6) is 0.763. The zero-order chi connectivity index (χ0) is 15.7. The lowest BCUT2D eigenvalue weighted by Gasteiger charge is -2.23. The van der Waals surface area contributed by atoms with Crippen LogP contribution in [0.25, 0.3) is 0 Å². The second-order valence-corrected chi connectivity index (χ2v) is 7.88. The molecule has 3 nitrogen and oxygen atoms in total. The molecule has 0 spiro atoms. The molecule has 2 heterocycles. The van der Waals surface area contributed by atoms with Crippen molar-refractivity contribution in [2.75, 3.05) is 13.2 Å². The lowest BCUT2D eigenvalue weighted by Crippen LogP contribution is -2.35. The maximum atomic E-state index is 6.05. The minimum atomic E-state index is -0.435. The third-order valence-electron chi connectivity index (χ3n) is 5.56. The van der Waals surface area contributed by atoms with Gasteiger partial charge in [-0.15, -0.1) is 12.6 Å². The maximum Gasteiger partial charge on any atom is 0.142 e. The summed E-state index contributed by atoms with van der Waals surface area (Å²) >= 11 is 4.62. The lowest BCUT2D eigenvalue weighted by atomic mass is 9.84. The van der Waals surface area contributed by atoms with Crippen molar-refractivity contribution in [2.24, 2.45) is 0 Å². The first kappa shape index (κ1) is 15.9. The van der Waals surface area contributed by atoms with Crippen LogP contribution in [0, 0.1) is 0 Å². The van der Waals surface area contributed by atoms with Crippen molar-refractivity contribution in [1.29, 1.82) is 0 Å². The highest BCUT2D eigenvalue weighted by Gasteiger charge is 2.52. The standard InChI is InChI=1S/C19H26O3S/c23-19-10-11-20-18(19)17(13-22-19)21-12-14-6-8-16(9-7-14)15-4-2-1-3-5-15/h6-9,15,17-18,23H,1-5,10-13H2/t17?,18-,19+/m1/s1. The molecule has 1 saturated carbocycles. The van der Waals surface area contributed by atoms with Crippen LogP contribution in [-0.2, 0) is 20.8 Å². The van der Waals surface area contributed by atoms with Gasteiger partial charge in [-0.3, -0.25) is 0 Å². The van der Waals surface area contributed by atoms with Gasteiger partial charge in [-0.25, -0.2) is 0 Å². The molecule has 1 aliphatic carbocycles. The Hall–Kier alpha value is -0.550. The van der Waals surface area contributed by atoms with Gasteiger partial charge in [0.1, 0.15) is 17.1 Å². The van der Waals surface area contributed by atoms with Gasteiger partial charge in [0.05, 0.1) is 19.8 Å². The van der Waals surface area contributed by atoms with E-state index < -0.39 is 4.93 Å². The van der Waals surface area contributed by atoms with Gasteiger partial charge in [0, 0.05) is 6.42 Å². The summed E-state index contributed by atoms with van der Waals surface area (Å²) in [5, 5.41) is 0. The maximum absolute atomic E-state index is 6.05. The zero-order valence-electron chi connectivity index (χ0n) is 13.6. The van der Waals surface area contributed by atoms with Crippen molar-refractivity contribution in [3.8, 4) is 0 Å². The molecule has 4 heteroatoms. The molecule has 2 saturated heterocycles. The predicted octanol–water partition coefficient (Wildman–Crippen LogP) is 4.06. The van der Waals surface area contributed by atoms with E-state index in [0.717, 1.165) is 12.3 Å². The van der Waals surface area contributed by atoms with E-state index >= 15 is 0 Å². The number of hydrogen-bond donors (Lipinski definition) is 1. The summed E-state index contributed by atoms with van der Waals surface area (Å²) in [6.07, 6.45) is 7.66. The van der Waals surface area contributed by atoms with E-state index in [-0.39, 0.29) is 12.2 Å². The second kappa shape index (κ2) is 6.75. The van der Waals surface area contributed by atoms with Gasteiger partial charge in [0.25, 0.3) is 0 Å². The Balaban J connectivity index is 1.33. The Morgan fingerprint density at radius 1 is 1.13 bits per heavy atom. The average molecular weight is 334 g/mol. The zero-order valence-corrected chi connectivity index (χ0v) is 14.5. The monoisotopic (exact) mass is 334 g/mol. The number of thiol groups is 1. The van der Waals surface area contributed by atoms with Crippen molar-refractivity contribution < 1.29 is 14.2 Å². The Morgan fingerprint density at radius 2 is 1.91 bits per heavy atom. The summed E-state index contributed by atoms with van der Waals surface area (Å²) in [6.45, 7) is 1.90. The SMILES string of the molecule is S[C@@]12CCO[C@@H]1C(OCc1ccc(C3CCCCC3)cc1)CO2. The highest BCUT2D eigenvalue weighted by atomic mass is 32.1. The molecule has 1 aromatic carbocycles. The summed E-state index contributed by atoms with van der Waals surface area (Å²) in [5.41, 5.74) is 2.71. The first-order valence-electron chi connectivity index (χ1n) is 8.93. The molecule has 1 unspecified atom stereocenters. The molecule has 4 rings (SSSR count). The van der Waals surface area contributed by atoms with Crippen LogP contribution in [0.15, 0.2) is 24.3 Å². The minimum absolute atomic E-state index is 0.00646.